The lowest BCUT2D eigenvalue weighted by Gasteiger charge is -2.10. The maximum absolute atomic E-state index is 12.9. The molecule has 0 saturated carbocycles. The number of alkyl halides is 3. The predicted octanol–water partition coefficient (Wildman–Crippen LogP) is 5.91. The third kappa shape index (κ3) is 4.65. The van der Waals surface area contributed by atoms with Crippen LogP contribution >= 0.6 is 11.8 Å². The number of aromatic nitrogens is 4. The van der Waals surface area contributed by atoms with E-state index in [1.54, 1.807) is 18.3 Å². The van der Waals surface area contributed by atoms with E-state index in [4.69, 9.17) is 0 Å². The molecule has 0 atom stereocenters. The summed E-state index contributed by atoms with van der Waals surface area (Å²) in [6.45, 7) is 0. The van der Waals surface area contributed by atoms with Crippen molar-refractivity contribution in [1.29, 1.82) is 0 Å². The number of pyridine rings is 1. The molecule has 0 radical (unpaired) electrons. The quantitative estimate of drug-likeness (QED) is 0.373. The summed E-state index contributed by atoms with van der Waals surface area (Å²) >= 11 is 1.45. The van der Waals surface area contributed by atoms with Crippen LogP contribution in [0.1, 0.15) is 11.1 Å². The number of hydrogen-bond donors (Lipinski definition) is 0. The summed E-state index contributed by atoms with van der Waals surface area (Å²) in [4.78, 5) is 8.86. The topological polar surface area (TPSA) is 51.6 Å². The normalized spacial score (nSPS) is 11.4. The van der Waals surface area contributed by atoms with Gasteiger partial charge in [0.05, 0.1) is 5.56 Å². The van der Waals surface area contributed by atoms with Crippen molar-refractivity contribution >= 4 is 11.8 Å². The molecule has 0 aliphatic rings. The van der Waals surface area contributed by atoms with Crippen molar-refractivity contribution in [1.82, 2.24) is 20.2 Å². The van der Waals surface area contributed by atoms with E-state index in [2.05, 4.69) is 20.2 Å². The third-order valence-corrected chi connectivity index (χ3v) is 5.29. The highest BCUT2D eigenvalue weighted by atomic mass is 32.2. The zero-order valence-electron chi connectivity index (χ0n) is 15.5. The van der Waals surface area contributed by atoms with Crippen LogP contribution in [0.25, 0.3) is 22.8 Å². The number of benzene rings is 2. The van der Waals surface area contributed by atoms with Gasteiger partial charge in [0, 0.05) is 17.5 Å². The molecule has 0 saturated heterocycles. The van der Waals surface area contributed by atoms with Gasteiger partial charge in [0.1, 0.15) is 16.4 Å². The molecule has 2 aromatic heterocycles. The molecule has 8 heteroatoms. The van der Waals surface area contributed by atoms with E-state index in [0.717, 1.165) is 17.7 Å². The van der Waals surface area contributed by atoms with Crippen LogP contribution in [-0.2, 0) is 11.9 Å². The van der Waals surface area contributed by atoms with Gasteiger partial charge >= 0.3 is 6.18 Å². The lowest BCUT2D eigenvalue weighted by molar-refractivity contribution is -0.137. The average molecular weight is 424 g/mol. The highest BCUT2D eigenvalue weighted by Gasteiger charge is 2.30. The first-order valence-corrected chi connectivity index (χ1v) is 10.00. The second kappa shape index (κ2) is 8.62. The molecule has 0 amide bonds. The summed E-state index contributed by atoms with van der Waals surface area (Å²) < 4.78 is 38.7. The van der Waals surface area contributed by atoms with Gasteiger partial charge in [0.15, 0.2) is 0 Å². The number of rotatable bonds is 5. The summed E-state index contributed by atoms with van der Waals surface area (Å²) in [6, 6.07) is 20.1. The van der Waals surface area contributed by atoms with Crippen LogP contribution in [0.4, 0.5) is 13.2 Å². The minimum absolute atomic E-state index is 0.363. The van der Waals surface area contributed by atoms with Crippen molar-refractivity contribution < 1.29 is 13.2 Å². The first-order valence-electron chi connectivity index (χ1n) is 9.01. The summed E-state index contributed by atoms with van der Waals surface area (Å²) in [6.07, 6.45) is -2.75. The van der Waals surface area contributed by atoms with Gasteiger partial charge < -0.3 is 0 Å². The zero-order chi connectivity index (χ0) is 21.0. The maximum Gasteiger partial charge on any atom is 0.416 e. The third-order valence-electron chi connectivity index (χ3n) is 4.25. The molecule has 0 aliphatic carbocycles. The van der Waals surface area contributed by atoms with E-state index in [1.165, 1.54) is 23.9 Å². The van der Waals surface area contributed by atoms with Crippen LogP contribution in [0, 0.1) is 0 Å². The van der Waals surface area contributed by atoms with Gasteiger partial charge in [-0.25, -0.2) is 4.98 Å². The fraction of sp³-hybridized carbons (Fsp3) is 0.0909. The smallest absolute Gasteiger partial charge is 0.253 e. The molecule has 30 heavy (non-hydrogen) atoms. The molecule has 0 unspecified atom stereocenters. The molecule has 4 aromatic rings. The predicted molar refractivity (Wildman–Crippen MR) is 109 cm³/mol. The zero-order valence-corrected chi connectivity index (χ0v) is 16.4. The van der Waals surface area contributed by atoms with E-state index in [0.29, 0.717) is 33.6 Å². The molecule has 0 spiro atoms. The van der Waals surface area contributed by atoms with Crippen LogP contribution < -0.4 is 0 Å². The van der Waals surface area contributed by atoms with Crippen molar-refractivity contribution in [2.75, 3.05) is 0 Å². The molecule has 4 rings (SSSR count). The molecule has 0 N–H and O–H groups in total. The van der Waals surface area contributed by atoms with Crippen molar-refractivity contribution in [2.45, 2.75) is 17.0 Å². The Labute approximate surface area is 175 Å². The van der Waals surface area contributed by atoms with Crippen LogP contribution in [0.5, 0.6) is 0 Å². The number of hydrogen-bond acceptors (Lipinski definition) is 5. The fourth-order valence-corrected chi connectivity index (χ4v) is 3.68. The lowest BCUT2D eigenvalue weighted by atomic mass is 10.1. The van der Waals surface area contributed by atoms with Crippen molar-refractivity contribution in [3.63, 3.8) is 0 Å². The Hall–Kier alpha value is -3.26. The van der Waals surface area contributed by atoms with Crippen molar-refractivity contribution in [3.05, 3.63) is 90.1 Å². The second-order valence-electron chi connectivity index (χ2n) is 6.35. The van der Waals surface area contributed by atoms with E-state index < -0.39 is 11.7 Å². The highest BCUT2D eigenvalue weighted by Crippen LogP contribution is 2.34. The van der Waals surface area contributed by atoms with Crippen molar-refractivity contribution in [2.24, 2.45) is 0 Å². The summed E-state index contributed by atoms with van der Waals surface area (Å²) in [5.74, 6) is 0.997. The van der Waals surface area contributed by atoms with Gasteiger partial charge in [-0.2, -0.15) is 13.2 Å². The molecule has 2 aromatic carbocycles. The van der Waals surface area contributed by atoms with Crippen LogP contribution in [-0.4, -0.2) is 20.2 Å². The first-order chi connectivity index (χ1) is 14.5. The standard InChI is InChI=1S/C22H15F3N4S/c23-22(24,25)17-11-9-16(10-12-17)19-21(30-14-15-6-2-1-3-7-15)27-20(29-28-19)18-8-4-5-13-26-18/h1-13H,14H2. The van der Waals surface area contributed by atoms with Gasteiger partial charge in [-0.1, -0.05) is 60.3 Å². The number of nitrogens with zero attached hydrogens (tertiary/aromatic N) is 4. The second-order valence-corrected chi connectivity index (χ2v) is 7.32. The average Bonchev–Trinajstić information content (AvgIpc) is 2.78. The summed E-state index contributed by atoms with van der Waals surface area (Å²) in [5.41, 5.74) is 1.91. The summed E-state index contributed by atoms with van der Waals surface area (Å²) in [5, 5.41) is 9.01. The minimum Gasteiger partial charge on any atom is -0.253 e. The first kappa shape index (κ1) is 20.0. The Kier molecular flexibility index (Phi) is 5.76. The van der Waals surface area contributed by atoms with E-state index in [9.17, 15) is 13.2 Å². The van der Waals surface area contributed by atoms with Crippen LogP contribution in [0.15, 0.2) is 84.0 Å². The largest absolute Gasteiger partial charge is 0.416 e. The van der Waals surface area contributed by atoms with Crippen LogP contribution in [0.3, 0.4) is 0 Å². The van der Waals surface area contributed by atoms with E-state index in [-0.39, 0.29) is 0 Å². The molecule has 2 heterocycles. The molecule has 0 aliphatic heterocycles. The van der Waals surface area contributed by atoms with E-state index >= 15 is 0 Å². The molecule has 150 valence electrons. The summed E-state index contributed by atoms with van der Waals surface area (Å²) in [7, 11) is 0. The molecule has 4 nitrogen and oxygen atoms in total. The highest BCUT2D eigenvalue weighted by molar-refractivity contribution is 7.98. The monoisotopic (exact) mass is 424 g/mol. The van der Waals surface area contributed by atoms with E-state index in [1.807, 2.05) is 36.4 Å². The Bertz CT molecular complexity index is 1120. The Balaban J connectivity index is 1.71. The Morgan fingerprint density at radius 1 is 0.800 bits per heavy atom. The van der Waals surface area contributed by atoms with Gasteiger partial charge in [0.25, 0.3) is 0 Å². The van der Waals surface area contributed by atoms with Crippen molar-refractivity contribution in [3.8, 4) is 22.8 Å². The van der Waals surface area contributed by atoms with Gasteiger partial charge in [-0.15, -0.1) is 10.2 Å². The Morgan fingerprint density at radius 3 is 2.20 bits per heavy atom. The Morgan fingerprint density at radius 2 is 1.53 bits per heavy atom. The molecule has 0 fully saturated rings. The number of halogens is 3. The fourth-order valence-electron chi connectivity index (χ4n) is 2.74. The van der Waals surface area contributed by atoms with Crippen LogP contribution in [0.2, 0.25) is 0 Å². The maximum atomic E-state index is 12.9. The minimum atomic E-state index is -4.39. The molecular weight excluding hydrogens is 409 g/mol. The molecule has 0 bridgehead atoms. The number of thioether (sulfide) groups is 1. The SMILES string of the molecule is FC(F)(F)c1ccc(-c2nnc(-c3ccccn3)nc2SCc2ccccc2)cc1. The van der Waals surface area contributed by atoms with Gasteiger partial charge in [0.2, 0.25) is 5.82 Å². The van der Waals surface area contributed by atoms with Gasteiger partial charge in [-0.3, -0.25) is 4.98 Å². The lowest BCUT2D eigenvalue weighted by Crippen LogP contribution is -2.05. The van der Waals surface area contributed by atoms with Gasteiger partial charge in [-0.05, 0) is 29.8 Å². The molecular formula is C22H15F3N4S.